The summed E-state index contributed by atoms with van der Waals surface area (Å²) in [6.07, 6.45) is 6.73. The van der Waals surface area contributed by atoms with Gasteiger partial charge < -0.3 is 14.2 Å². The Balaban J connectivity index is 1.79. The molecule has 0 fully saturated rings. The Labute approximate surface area is 179 Å². The summed E-state index contributed by atoms with van der Waals surface area (Å²) in [6, 6.07) is 15.1. The standard InChI is InChI=1S/C26H32N2O2/c1-19-10-11-20(2)24(17-19)22-12-14-28(18-21-7-5-15-29-21)26(25-9-6-16-30-25)23(22)8-4-13-27-3/h5-7,9-11,15-17,26-27H,4,8,12-14,18H2,1-3H3. The molecule has 158 valence electrons. The molecule has 3 heterocycles. The fourth-order valence-electron chi connectivity index (χ4n) is 4.61. The Morgan fingerprint density at radius 3 is 2.63 bits per heavy atom. The van der Waals surface area contributed by atoms with Crippen molar-refractivity contribution in [2.24, 2.45) is 0 Å². The van der Waals surface area contributed by atoms with Crippen LogP contribution in [0.1, 0.15) is 53.5 Å². The van der Waals surface area contributed by atoms with E-state index in [4.69, 9.17) is 8.83 Å². The van der Waals surface area contributed by atoms with Gasteiger partial charge in [-0.25, -0.2) is 0 Å². The normalized spacial score (nSPS) is 17.6. The molecule has 1 aliphatic heterocycles. The predicted molar refractivity (Wildman–Crippen MR) is 121 cm³/mol. The molecular formula is C26H32N2O2. The molecule has 0 radical (unpaired) electrons. The van der Waals surface area contributed by atoms with Gasteiger partial charge in [0.2, 0.25) is 0 Å². The molecule has 1 N–H and O–H groups in total. The lowest BCUT2D eigenvalue weighted by Gasteiger charge is -2.38. The Kier molecular flexibility index (Phi) is 6.56. The number of nitrogens with zero attached hydrogens (tertiary/aromatic N) is 1. The van der Waals surface area contributed by atoms with Crippen LogP contribution in [0.25, 0.3) is 5.57 Å². The Hall–Kier alpha value is -2.56. The number of hydrogen-bond acceptors (Lipinski definition) is 4. The van der Waals surface area contributed by atoms with Crippen molar-refractivity contribution in [3.8, 4) is 0 Å². The largest absolute Gasteiger partial charge is 0.468 e. The van der Waals surface area contributed by atoms with Crippen molar-refractivity contribution in [2.45, 2.75) is 45.7 Å². The van der Waals surface area contributed by atoms with E-state index in [1.807, 2.05) is 19.2 Å². The van der Waals surface area contributed by atoms with Gasteiger partial charge in [-0.1, -0.05) is 23.8 Å². The maximum Gasteiger partial charge on any atom is 0.125 e. The first-order chi connectivity index (χ1) is 14.7. The summed E-state index contributed by atoms with van der Waals surface area (Å²) in [5, 5.41) is 3.30. The summed E-state index contributed by atoms with van der Waals surface area (Å²) < 4.78 is 11.7. The second-order valence-corrected chi connectivity index (χ2v) is 8.25. The van der Waals surface area contributed by atoms with E-state index in [1.165, 1.54) is 27.8 Å². The van der Waals surface area contributed by atoms with Gasteiger partial charge in [0, 0.05) is 6.54 Å². The van der Waals surface area contributed by atoms with Gasteiger partial charge in [-0.3, -0.25) is 4.90 Å². The highest BCUT2D eigenvalue weighted by Gasteiger charge is 2.33. The van der Waals surface area contributed by atoms with Crippen molar-refractivity contribution >= 4 is 5.57 Å². The fourth-order valence-corrected chi connectivity index (χ4v) is 4.61. The van der Waals surface area contributed by atoms with Crippen molar-refractivity contribution in [2.75, 3.05) is 20.1 Å². The summed E-state index contributed by atoms with van der Waals surface area (Å²) >= 11 is 0. The summed E-state index contributed by atoms with van der Waals surface area (Å²) in [7, 11) is 2.02. The monoisotopic (exact) mass is 404 g/mol. The average Bonchev–Trinajstić information content (AvgIpc) is 3.45. The molecule has 4 rings (SSSR count). The molecule has 0 spiro atoms. The first-order valence-electron chi connectivity index (χ1n) is 10.9. The molecule has 1 aromatic carbocycles. The molecular weight excluding hydrogens is 372 g/mol. The van der Waals surface area contributed by atoms with Gasteiger partial charge in [0.05, 0.1) is 25.1 Å². The van der Waals surface area contributed by atoms with Crippen LogP contribution in [0.4, 0.5) is 0 Å². The highest BCUT2D eigenvalue weighted by molar-refractivity contribution is 5.73. The number of nitrogens with one attached hydrogen (secondary N) is 1. The van der Waals surface area contributed by atoms with Crippen molar-refractivity contribution < 1.29 is 8.83 Å². The van der Waals surface area contributed by atoms with Crippen molar-refractivity contribution in [1.29, 1.82) is 0 Å². The number of aryl methyl sites for hydroxylation is 2. The summed E-state index contributed by atoms with van der Waals surface area (Å²) in [5.74, 6) is 2.01. The molecule has 1 unspecified atom stereocenters. The van der Waals surface area contributed by atoms with Crippen LogP contribution in [0.2, 0.25) is 0 Å². The third-order valence-electron chi connectivity index (χ3n) is 6.07. The van der Waals surface area contributed by atoms with E-state index in [2.05, 4.69) is 54.4 Å². The highest BCUT2D eigenvalue weighted by Crippen LogP contribution is 2.43. The number of hydrogen-bond donors (Lipinski definition) is 1. The molecule has 1 atom stereocenters. The zero-order valence-electron chi connectivity index (χ0n) is 18.3. The minimum atomic E-state index is 0.130. The van der Waals surface area contributed by atoms with E-state index in [1.54, 1.807) is 12.5 Å². The quantitative estimate of drug-likeness (QED) is 0.475. The lowest BCUT2D eigenvalue weighted by Crippen LogP contribution is -2.34. The minimum absolute atomic E-state index is 0.130. The van der Waals surface area contributed by atoms with Gasteiger partial charge in [-0.05, 0) is 93.2 Å². The van der Waals surface area contributed by atoms with Crippen LogP contribution in [-0.2, 0) is 6.54 Å². The van der Waals surface area contributed by atoms with Gasteiger partial charge in [-0.15, -0.1) is 0 Å². The van der Waals surface area contributed by atoms with E-state index in [-0.39, 0.29) is 6.04 Å². The van der Waals surface area contributed by atoms with Gasteiger partial charge in [0.25, 0.3) is 0 Å². The van der Waals surface area contributed by atoms with Crippen LogP contribution in [0, 0.1) is 13.8 Å². The topological polar surface area (TPSA) is 41.5 Å². The van der Waals surface area contributed by atoms with Crippen LogP contribution in [-0.4, -0.2) is 25.0 Å². The van der Waals surface area contributed by atoms with Crippen molar-refractivity contribution in [3.63, 3.8) is 0 Å². The van der Waals surface area contributed by atoms with Crippen LogP contribution in [0.3, 0.4) is 0 Å². The molecule has 0 saturated carbocycles. The van der Waals surface area contributed by atoms with Crippen LogP contribution >= 0.6 is 0 Å². The second-order valence-electron chi connectivity index (χ2n) is 8.25. The molecule has 2 aromatic heterocycles. The van der Waals surface area contributed by atoms with E-state index in [0.717, 1.165) is 50.4 Å². The van der Waals surface area contributed by atoms with Crippen molar-refractivity contribution in [1.82, 2.24) is 10.2 Å². The van der Waals surface area contributed by atoms with E-state index in [0.29, 0.717) is 0 Å². The Bertz CT molecular complexity index is 971. The number of furan rings is 2. The smallest absolute Gasteiger partial charge is 0.125 e. The van der Waals surface area contributed by atoms with E-state index < -0.39 is 0 Å². The molecule has 0 aliphatic carbocycles. The maximum atomic E-state index is 5.98. The lowest BCUT2D eigenvalue weighted by atomic mass is 9.83. The fraction of sp³-hybridized carbons (Fsp3) is 0.385. The van der Waals surface area contributed by atoms with Crippen molar-refractivity contribution in [3.05, 3.63) is 88.8 Å². The summed E-state index contributed by atoms with van der Waals surface area (Å²) in [4.78, 5) is 2.50. The maximum absolute atomic E-state index is 5.98. The first kappa shape index (κ1) is 20.7. The zero-order chi connectivity index (χ0) is 20.9. The van der Waals surface area contributed by atoms with Crippen LogP contribution in [0.15, 0.2) is 69.4 Å². The SMILES string of the molecule is CNCCCC1=C(c2cc(C)ccc2C)CCN(Cc2ccco2)C1c1ccco1. The lowest BCUT2D eigenvalue weighted by molar-refractivity contribution is 0.170. The third-order valence-corrected chi connectivity index (χ3v) is 6.07. The van der Waals surface area contributed by atoms with Gasteiger partial charge >= 0.3 is 0 Å². The van der Waals surface area contributed by atoms with Crippen LogP contribution < -0.4 is 5.32 Å². The second kappa shape index (κ2) is 9.50. The van der Waals surface area contributed by atoms with E-state index >= 15 is 0 Å². The predicted octanol–water partition coefficient (Wildman–Crippen LogP) is 5.89. The third kappa shape index (κ3) is 4.45. The molecule has 4 heteroatoms. The van der Waals surface area contributed by atoms with Crippen LogP contribution in [0.5, 0.6) is 0 Å². The molecule has 1 aliphatic rings. The molecule has 4 nitrogen and oxygen atoms in total. The minimum Gasteiger partial charge on any atom is -0.468 e. The first-order valence-corrected chi connectivity index (χ1v) is 10.9. The van der Waals surface area contributed by atoms with E-state index in [9.17, 15) is 0 Å². The molecule has 0 saturated heterocycles. The molecule has 0 bridgehead atoms. The Morgan fingerprint density at radius 1 is 1.07 bits per heavy atom. The molecule has 30 heavy (non-hydrogen) atoms. The Morgan fingerprint density at radius 2 is 1.90 bits per heavy atom. The number of rotatable bonds is 8. The highest BCUT2D eigenvalue weighted by atomic mass is 16.3. The summed E-state index contributed by atoms with van der Waals surface area (Å²) in [6.45, 7) is 7.18. The van der Waals surface area contributed by atoms with Gasteiger partial charge in [0.1, 0.15) is 11.5 Å². The molecule has 0 amide bonds. The van der Waals surface area contributed by atoms with Gasteiger partial charge in [-0.2, -0.15) is 0 Å². The molecule has 3 aromatic rings. The summed E-state index contributed by atoms with van der Waals surface area (Å²) in [5.41, 5.74) is 7.02. The number of benzene rings is 1. The average molecular weight is 405 g/mol. The van der Waals surface area contributed by atoms with Gasteiger partial charge in [0.15, 0.2) is 0 Å². The zero-order valence-corrected chi connectivity index (χ0v) is 18.3.